The van der Waals surface area contributed by atoms with Crippen molar-refractivity contribution in [1.82, 2.24) is 15.5 Å². The van der Waals surface area contributed by atoms with E-state index >= 15 is 0 Å². The number of nitrogens with zero attached hydrogens (tertiary/aromatic N) is 1. The zero-order chi connectivity index (χ0) is 27.0. The van der Waals surface area contributed by atoms with Crippen LogP contribution in [0.3, 0.4) is 0 Å². The van der Waals surface area contributed by atoms with Gasteiger partial charge in [0.05, 0.1) is 12.1 Å². The van der Waals surface area contributed by atoms with Gasteiger partial charge < -0.3 is 41.7 Å². The van der Waals surface area contributed by atoms with Gasteiger partial charge in [0.15, 0.2) is 0 Å². The topological polar surface area (TPSA) is 220 Å². The first-order valence-electron chi connectivity index (χ1n) is 11.5. The number of rotatable bonds is 12. The molecular weight excluding hydrogens is 476 g/mol. The number of nitrogens with two attached hydrogens (primary N) is 1. The molecule has 1 aliphatic heterocycles. The summed E-state index contributed by atoms with van der Waals surface area (Å²) in [6.45, 7) is 1.38. The third-order valence-corrected chi connectivity index (χ3v) is 5.88. The molecule has 0 bridgehead atoms. The summed E-state index contributed by atoms with van der Waals surface area (Å²) in [4.78, 5) is 62.2. The van der Waals surface area contributed by atoms with Crippen molar-refractivity contribution in [3.63, 3.8) is 0 Å². The number of carbonyl (C=O) groups excluding carboxylic acids is 3. The summed E-state index contributed by atoms with van der Waals surface area (Å²) < 4.78 is 0. The lowest BCUT2D eigenvalue weighted by atomic mass is 10.0. The van der Waals surface area contributed by atoms with Crippen molar-refractivity contribution in [2.45, 2.75) is 69.3 Å². The summed E-state index contributed by atoms with van der Waals surface area (Å²) >= 11 is 0. The number of phenols is 1. The number of phenolic OH excluding ortho intramolecular Hbond substituents is 1. The molecule has 0 aliphatic carbocycles. The van der Waals surface area contributed by atoms with Crippen molar-refractivity contribution in [2.75, 3.05) is 6.54 Å². The second kappa shape index (κ2) is 12.8. The average molecular weight is 509 g/mol. The van der Waals surface area contributed by atoms with Crippen molar-refractivity contribution in [3.8, 4) is 5.75 Å². The van der Waals surface area contributed by atoms with Gasteiger partial charge in [0.2, 0.25) is 17.7 Å². The van der Waals surface area contributed by atoms with Crippen LogP contribution in [-0.4, -0.2) is 91.8 Å². The summed E-state index contributed by atoms with van der Waals surface area (Å²) in [6.07, 6.45) is -1.45. The quantitative estimate of drug-likeness (QED) is 0.174. The molecule has 13 heteroatoms. The molecule has 5 unspecified atom stereocenters. The van der Waals surface area contributed by atoms with E-state index in [4.69, 9.17) is 10.8 Å². The molecule has 1 aromatic carbocycles. The van der Waals surface area contributed by atoms with Gasteiger partial charge in [-0.3, -0.25) is 19.2 Å². The van der Waals surface area contributed by atoms with Crippen LogP contribution in [-0.2, 0) is 30.4 Å². The Morgan fingerprint density at radius 3 is 2.28 bits per heavy atom. The molecule has 36 heavy (non-hydrogen) atoms. The van der Waals surface area contributed by atoms with Gasteiger partial charge in [0.25, 0.3) is 0 Å². The fraction of sp³-hybridized carbons (Fsp3) is 0.522. The van der Waals surface area contributed by atoms with Crippen LogP contribution in [0.25, 0.3) is 0 Å². The number of amides is 3. The molecule has 0 radical (unpaired) electrons. The molecule has 1 aromatic rings. The van der Waals surface area contributed by atoms with Gasteiger partial charge in [-0.15, -0.1) is 0 Å². The monoisotopic (exact) mass is 508 g/mol. The number of aromatic hydroxyl groups is 1. The van der Waals surface area contributed by atoms with E-state index in [1.54, 1.807) is 12.1 Å². The second-order valence-electron chi connectivity index (χ2n) is 8.73. The van der Waals surface area contributed by atoms with E-state index in [2.05, 4.69) is 10.6 Å². The Bertz CT molecular complexity index is 967. The molecule has 1 heterocycles. The van der Waals surface area contributed by atoms with Crippen LogP contribution < -0.4 is 16.4 Å². The van der Waals surface area contributed by atoms with Crippen molar-refractivity contribution in [1.29, 1.82) is 0 Å². The largest absolute Gasteiger partial charge is 0.508 e. The number of nitrogens with one attached hydrogen (secondary N) is 2. The number of hydrogen-bond donors (Lipinski definition) is 7. The SMILES string of the molecule is CC(O)C(NC(=O)C(CCC(=O)O)NC(=O)C(N)Cc1ccc(O)cc1)C(=O)N1CCCC1C(=O)O. The van der Waals surface area contributed by atoms with Crippen LogP contribution >= 0.6 is 0 Å². The molecule has 1 aliphatic rings. The Balaban J connectivity index is 2.12. The molecule has 0 aromatic heterocycles. The fourth-order valence-electron chi connectivity index (χ4n) is 3.90. The highest BCUT2D eigenvalue weighted by Gasteiger charge is 2.40. The van der Waals surface area contributed by atoms with Crippen LogP contribution in [0.15, 0.2) is 24.3 Å². The van der Waals surface area contributed by atoms with Gasteiger partial charge in [-0.05, 0) is 50.3 Å². The number of aliphatic hydroxyl groups is 1. The minimum atomic E-state index is -1.51. The van der Waals surface area contributed by atoms with Crippen molar-refractivity contribution in [2.24, 2.45) is 5.73 Å². The molecule has 198 valence electrons. The lowest BCUT2D eigenvalue weighted by molar-refractivity contribution is -0.150. The lowest BCUT2D eigenvalue weighted by Crippen LogP contribution is -2.60. The number of carbonyl (C=O) groups is 5. The molecule has 5 atom stereocenters. The third kappa shape index (κ3) is 7.92. The lowest BCUT2D eigenvalue weighted by Gasteiger charge is -2.30. The number of carboxylic acids is 2. The molecule has 0 saturated carbocycles. The Morgan fingerprint density at radius 1 is 1.08 bits per heavy atom. The van der Waals surface area contributed by atoms with Gasteiger partial charge in [-0.1, -0.05) is 12.1 Å². The predicted molar refractivity (Wildman–Crippen MR) is 125 cm³/mol. The molecule has 1 saturated heterocycles. The van der Waals surface area contributed by atoms with Gasteiger partial charge in [-0.2, -0.15) is 0 Å². The molecule has 8 N–H and O–H groups in total. The van der Waals surface area contributed by atoms with E-state index in [1.807, 2.05) is 0 Å². The Morgan fingerprint density at radius 2 is 1.72 bits per heavy atom. The van der Waals surface area contributed by atoms with E-state index in [0.717, 1.165) is 4.90 Å². The fourth-order valence-corrected chi connectivity index (χ4v) is 3.90. The molecule has 0 spiro atoms. The van der Waals surface area contributed by atoms with Crippen LogP contribution in [0.1, 0.15) is 38.2 Å². The maximum atomic E-state index is 13.0. The van der Waals surface area contributed by atoms with Crippen LogP contribution in [0.4, 0.5) is 0 Å². The van der Waals surface area contributed by atoms with Gasteiger partial charge >= 0.3 is 11.9 Å². The van der Waals surface area contributed by atoms with Crippen molar-refractivity contribution >= 4 is 29.7 Å². The smallest absolute Gasteiger partial charge is 0.326 e. The molecule has 1 fully saturated rings. The van der Waals surface area contributed by atoms with Crippen LogP contribution in [0.2, 0.25) is 0 Å². The van der Waals surface area contributed by atoms with E-state index in [1.165, 1.54) is 19.1 Å². The third-order valence-electron chi connectivity index (χ3n) is 5.88. The number of aliphatic carboxylic acids is 2. The first-order chi connectivity index (χ1) is 16.9. The average Bonchev–Trinajstić information content (AvgIpc) is 3.31. The van der Waals surface area contributed by atoms with E-state index in [9.17, 15) is 39.3 Å². The highest BCUT2D eigenvalue weighted by Crippen LogP contribution is 2.19. The minimum Gasteiger partial charge on any atom is -0.508 e. The number of hydrogen-bond acceptors (Lipinski definition) is 8. The normalized spacial score (nSPS) is 18.5. The first kappa shape index (κ1) is 28.5. The molecule has 3 amide bonds. The Labute approximate surface area is 207 Å². The van der Waals surface area contributed by atoms with Crippen LogP contribution in [0.5, 0.6) is 5.75 Å². The van der Waals surface area contributed by atoms with Crippen LogP contribution in [0, 0.1) is 0 Å². The maximum absolute atomic E-state index is 13.0. The zero-order valence-electron chi connectivity index (χ0n) is 19.8. The number of carboxylic acid groups (broad SMARTS) is 2. The summed E-state index contributed by atoms with van der Waals surface area (Å²) in [7, 11) is 0. The maximum Gasteiger partial charge on any atom is 0.326 e. The number of benzene rings is 1. The van der Waals surface area contributed by atoms with E-state index in [-0.39, 0.29) is 31.6 Å². The number of likely N-dealkylation sites (tertiary alicyclic amines) is 1. The predicted octanol–water partition coefficient (Wildman–Crippen LogP) is -1.45. The second-order valence-corrected chi connectivity index (χ2v) is 8.73. The zero-order valence-corrected chi connectivity index (χ0v) is 19.8. The summed E-state index contributed by atoms with van der Waals surface area (Å²) in [5, 5.41) is 42.6. The Hall–Kier alpha value is -3.71. The van der Waals surface area contributed by atoms with Crippen molar-refractivity contribution in [3.05, 3.63) is 29.8 Å². The summed E-state index contributed by atoms with van der Waals surface area (Å²) in [5.74, 6) is -4.86. The molecular formula is C23H32N4O9. The molecule has 13 nitrogen and oxygen atoms in total. The summed E-state index contributed by atoms with van der Waals surface area (Å²) in [6, 6.07) is 0.893. The Kier molecular flexibility index (Phi) is 10.2. The van der Waals surface area contributed by atoms with Gasteiger partial charge in [-0.25, -0.2) is 4.79 Å². The standard InChI is InChI=1S/C23H32N4O9/c1-12(28)19(22(34)27-10-2-3-17(27)23(35)36)26-21(33)16(8-9-18(30)31)25-20(32)15(24)11-13-4-6-14(29)7-5-13/h4-7,12,15-17,19,28-29H,2-3,8-11,24H2,1H3,(H,25,32)(H,26,33)(H,30,31)(H,35,36). The van der Waals surface area contributed by atoms with Gasteiger partial charge in [0.1, 0.15) is 23.9 Å². The first-order valence-corrected chi connectivity index (χ1v) is 11.5. The van der Waals surface area contributed by atoms with E-state index in [0.29, 0.717) is 12.0 Å². The van der Waals surface area contributed by atoms with Gasteiger partial charge in [0, 0.05) is 13.0 Å². The highest BCUT2D eigenvalue weighted by molar-refractivity contribution is 5.94. The minimum absolute atomic E-state index is 0.0352. The van der Waals surface area contributed by atoms with E-state index < -0.39 is 66.4 Å². The number of aliphatic hydroxyl groups excluding tert-OH is 1. The molecule has 2 rings (SSSR count). The summed E-state index contributed by atoms with van der Waals surface area (Å²) in [5.41, 5.74) is 6.58. The highest BCUT2D eigenvalue weighted by atomic mass is 16.4. The van der Waals surface area contributed by atoms with Crippen molar-refractivity contribution < 1.29 is 44.4 Å².